The first kappa shape index (κ1) is 34.9. The SMILES string of the molecule is COc1cc(C2C3=CCn4c(=O)n(CCc5nc6cc(OC)c(OC)cc6n(C)c5=O)c(=O)n4C3CC3(Cl)C(=O)N(CBr)C(=O)C23Cl)ccc1O. The first-order chi connectivity index (χ1) is 24.3. The quantitative estimate of drug-likeness (QED) is 0.121. The van der Waals surface area contributed by atoms with Crippen LogP contribution in [0.15, 0.2) is 56.4 Å². The van der Waals surface area contributed by atoms with Crippen molar-refractivity contribution in [3.8, 4) is 23.0 Å². The van der Waals surface area contributed by atoms with Crippen molar-refractivity contribution in [2.45, 2.75) is 47.6 Å². The number of likely N-dealkylation sites (tertiary alicyclic amines) is 1. The third-order valence-corrected chi connectivity index (χ3v) is 12.0. The predicted molar refractivity (Wildman–Crippen MR) is 189 cm³/mol. The number of carbonyl (C=O) groups excluding carboxylic acids is 2. The Balaban J connectivity index is 1.32. The molecule has 4 atom stereocenters. The fraction of sp³-hybridized carbons (Fsp3) is 0.394. The highest BCUT2D eigenvalue weighted by Gasteiger charge is 2.75. The molecular formula is C33H31BrCl2N6O9. The molecule has 3 aliphatic rings. The number of hydrogen-bond acceptors (Lipinski definition) is 10. The van der Waals surface area contributed by atoms with E-state index in [1.807, 2.05) is 0 Å². The summed E-state index contributed by atoms with van der Waals surface area (Å²) in [4.78, 5) is 70.6. The molecule has 51 heavy (non-hydrogen) atoms. The van der Waals surface area contributed by atoms with Crippen molar-refractivity contribution in [3.05, 3.63) is 84.6 Å². The van der Waals surface area contributed by atoms with E-state index >= 15 is 0 Å². The first-order valence-corrected chi connectivity index (χ1v) is 17.6. The third kappa shape index (κ3) is 4.75. The third-order valence-electron chi connectivity index (χ3n) is 10.1. The van der Waals surface area contributed by atoms with Gasteiger partial charge in [-0.25, -0.2) is 28.5 Å². The van der Waals surface area contributed by atoms with Crippen LogP contribution in [-0.2, 0) is 36.1 Å². The van der Waals surface area contributed by atoms with E-state index < -0.39 is 50.5 Å². The van der Waals surface area contributed by atoms with Gasteiger partial charge in [-0.3, -0.25) is 19.3 Å². The summed E-state index contributed by atoms with van der Waals surface area (Å²) in [6.45, 7) is -0.255. The van der Waals surface area contributed by atoms with Crippen LogP contribution in [0.5, 0.6) is 23.0 Å². The number of aromatic nitrogens is 5. The average Bonchev–Trinajstić information content (AvgIpc) is 3.45. The zero-order valence-electron chi connectivity index (χ0n) is 27.7. The second-order valence-corrected chi connectivity index (χ2v) is 14.2. The second kappa shape index (κ2) is 12.3. The van der Waals surface area contributed by atoms with Crippen molar-refractivity contribution < 1.29 is 28.9 Å². The Labute approximate surface area is 307 Å². The van der Waals surface area contributed by atoms with Gasteiger partial charge in [-0.2, -0.15) is 0 Å². The lowest BCUT2D eigenvalue weighted by atomic mass is 9.64. The van der Waals surface area contributed by atoms with Crippen LogP contribution in [0, 0.1) is 0 Å². The topological polar surface area (TPSA) is 169 Å². The number of fused-ring (bicyclic) bond motifs is 5. The molecule has 0 bridgehead atoms. The number of allylic oxidation sites excluding steroid dienone is 2. The maximum absolute atomic E-state index is 14.2. The monoisotopic (exact) mass is 804 g/mol. The summed E-state index contributed by atoms with van der Waals surface area (Å²) in [7, 11) is 5.91. The van der Waals surface area contributed by atoms with E-state index in [9.17, 15) is 29.1 Å². The van der Waals surface area contributed by atoms with Crippen molar-refractivity contribution in [2.75, 3.05) is 26.8 Å². The van der Waals surface area contributed by atoms with Gasteiger partial charge in [-0.05, 0) is 23.3 Å². The molecule has 18 heteroatoms. The van der Waals surface area contributed by atoms with Crippen molar-refractivity contribution >= 4 is 62.0 Å². The molecule has 15 nitrogen and oxygen atoms in total. The number of hydrogen-bond donors (Lipinski definition) is 1. The van der Waals surface area contributed by atoms with E-state index in [1.165, 1.54) is 47.4 Å². The zero-order chi connectivity index (χ0) is 36.7. The van der Waals surface area contributed by atoms with Gasteiger partial charge in [0.1, 0.15) is 5.69 Å². The molecule has 4 unspecified atom stereocenters. The van der Waals surface area contributed by atoms with Crippen LogP contribution < -0.4 is 31.1 Å². The number of imide groups is 1. The zero-order valence-corrected chi connectivity index (χ0v) is 30.8. The number of carbonyl (C=O) groups is 2. The Morgan fingerprint density at radius 3 is 2.31 bits per heavy atom. The van der Waals surface area contributed by atoms with Gasteiger partial charge >= 0.3 is 11.4 Å². The molecule has 2 aromatic heterocycles. The molecule has 268 valence electrons. The van der Waals surface area contributed by atoms with Crippen LogP contribution in [0.4, 0.5) is 0 Å². The van der Waals surface area contributed by atoms with E-state index in [-0.39, 0.29) is 48.6 Å². The number of ether oxygens (including phenoxy) is 3. The van der Waals surface area contributed by atoms with Crippen LogP contribution in [-0.4, -0.2) is 81.8 Å². The Bertz CT molecular complexity index is 2380. The molecule has 7 rings (SSSR count). The van der Waals surface area contributed by atoms with E-state index in [2.05, 4.69) is 20.9 Å². The summed E-state index contributed by atoms with van der Waals surface area (Å²) < 4.78 is 21.0. The van der Waals surface area contributed by atoms with Crippen LogP contribution >= 0.6 is 39.1 Å². The normalized spacial score (nSPS) is 23.9. The number of phenols is 1. The molecule has 0 radical (unpaired) electrons. The van der Waals surface area contributed by atoms with E-state index in [0.29, 0.717) is 33.7 Å². The van der Waals surface area contributed by atoms with Gasteiger partial charge in [-0.15, -0.1) is 23.2 Å². The van der Waals surface area contributed by atoms with Gasteiger partial charge in [0.15, 0.2) is 32.7 Å². The summed E-state index contributed by atoms with van der Waals surface area (Å²) in [6.07, 6.45) is 1.36. The smallest absolute Gasteiger partial charge is 0.347 e. The Kier molecular flexibility index (Phi) is 8.42. The predicted octanol–water partition coefficient (Wildman–Crippen LogP) is 2.38. The van der Waals surface area contributed by atoms with Gasteiger partial charge in [-0.1, -0.05) is 28.1 Å². The number of rotatable bonds is 8. The number of phenolic OH excluding ortho intramolecular Hbond substituents is 1. The molecule has 2 fully saturated rings. The van der Waals surface area contributed by atoms with Gasteiger partial charge in [0, 0.05) is 44.5 Å². The fourth-order valence-corrected chi connectivity index (χ4v) is 9.00. The molecule has 4 heterocycles. The standard InChI is InChI=1S/C33H31BrCl2N6O9/c1-38-20-13-25(51-4)24(50-3)12-19(20)37-18(27(38)44)8-9-39-30(47)41-10-7-17-21(42(41)31(39)48)14-32(35)28(45)40(15-34)29(46)33(32,36)26(17)16-5-6-22(43)23(11-16)49-2/h5-7,11-13,21,26,43H,8-10,14-15H2,1-4H3. The summed E-state index contributed by atoms with van der Waals surface area (Å²) in [6, 6.07) is 6.71. The Morgan fingerprint density at radius 2 is 1.65 bits per heavy atom. The number of halogens is 3. The lowest BCUT2D eigenvalue weighted by Crippen LogP contribution is -2.59. The Morgan fingerprint density at radius 1 is 0.961 bits per heavy atom. The van der Waals surface area contributed by atoms with E-state index in [0.717, 1.165) is 9.47 Å². The molecule has 2 aromatic carbocycles. The summed E-state index contributed by atoms with van der Waals surface area (Å²) >= 11 is 17.7. The van der Waals surface area contributed by atoms with Crippen molar-refractivity contribution in [1.29, 1.82) is 0 Å². The van der Waals surface area contributed by atoms with E-state index in [4.69, 9.17) is 37.4 Å². The highest BCUT2D eigenvalue weighted by Crippen LogP contribution is 2.63. The minimum atomic E-state index is -2.04. The molecule has 1 saturated carbocycles. The molecule has 2 amide bonds. The van der Waals surface area contributed by atoms with Crippen LogP contribution in [0.25, 0.3) is 11.0 Å². The number of aryl methyl sites for hydroxylation is 2. The second-order valence-electron chi connectivity index (χ2n) is 12.5. The van der Waals surface area contributed by atoms with Gasteiger partial charge in [0.25, 0.3) is 17.4 Å². The van der Waals surface area contributed by atoms with Crippen molar-refractivity contribution in [3.63, 3.8) is 0 Å². The highest BCUT2D eigenvalue weighted by molar-refractivity contribution is 9.09. The molecule has 1 N–H and O–H groups in total. The Hall–Kier alpha value is -4.54. The molecule has 4 aromatic rings. The molecule has 0 spiro atoms. The van der Waals surface area contributed by atoms with Crippen LogP contribution in [0.1, 0.15) is 29.6 Å². The van der Waals surface area contributed by atoms with E-state index in [1.54, 1.807) is 31.3 Å². The lowest BCUT2D eigenvalue weighted by molar-refractivity contribution is -0.138. The number of methoxy groups -OCH3 is 3. The highest BCUT2D eigenvalue weighted by atomic mass is 79.9. The largest absolute Gasteiger partial charge is 0.504 e. The number of nitrogens with zero attached hydrogens (tertiary/aromatic N) is 6. The minimum Gasteiger partial charge on any atom is -0.504 e. The fourth-order valence-electron chi connectivity index (χ4n) is 7.59. The number of amides is 2. The van der Waals surface area contributed by atoms with Gasteiger partial charge < -0.3 is 23.9 Å². The average molecular weight is 806 g/mol. The van der Waals surface area contributed by atoms with Gasteiger partial charge in [0.05, 0.1) is 50.4 Å². The van der Waals surface area contributed by atoms with Crippen molar-refractivity contribution in [2.24, 2.45) is 7.05 Å². The molecule has 1 saturated heterocycles. The van der Waals surface area contributed by atoms with Crippen molar-refractivity contribution in [1.82, 2.24) is 28.4 Å². The first-order valence-electron chi connectivity index (χ1n) is 15.7. The van der Waals surface area contributed by atoms with Crippen LogP contribution in [0.2, 0.25) is 0 Å². The maximum Gasteiger partial charge on any atom is 0.347 e. The van der Waals surface area contributed by atoms with Crippen LogP contribution in [0.3, 0.4) is 0 Å². The molecule has 2 aliphatic heterocycles. The van der Waals surface area contributed by atoms with Gasteiger partial charge in [0.2, 0.25) is 0 Å². The maximum atomic E-state index is 14.2. The molecule has 1 aliphatic carbocycles. The number of alkyl halides is 3. The molecular weight excluding hydrogens is 775 g/mol. The minimum absolute atomic E-state index is 0.0611. The summed E-state index contributed by atoms with van der Waals surface area (Å²) in [5.74, 6) is -1.81. The summed E-state index contributed by atoms with van der Waals surface area (Å²) in [5.41, 5.74) is -0.00362. The number of aromatic hydroxyl groups is 1. The number of benzene rings is 2. The lowest BCUT2D eigenvalue weighted by Gasteiger charge is -2.49. The summed E-state index contributed by atoms with van der Waals surface area (Å²) in [5, 5.41) is 10.3.